The van der Waals surface area contributed by atoms with Gasteiger partial charge in [0.2, 0.25) is 5.89 Å². The van der Waals surface area contributed by atoms with E-state index >= 15 is 0 Å². The van der Waals surface area contributed by atoms with E-state index in [4.69, 9.17) is 9.15 Å². The van der Waals surface area contributed by atoms with Crippen LogP contribution in [0.15, 0.2) is 59.0 Å². The number of hydrogen-bond donors (Lipinski definition) is 1. The Bertz CT molecular complexity index is 1250. The Morgan fingerprint density at radius 1 is 0.967 bits per heavy atom. The van der Waals surface area contributed by atoms with Gasteiger partial charge in [0.15, 0.2) is 0 Å². The number of nitrogens with one attached hydrogen (secondary N) is 1. The van der Waals surface area contributed by atoms with E-state index in [-0.39, 0.29) is 11.9 Å². The average Bonchev–Trinajstić information content (AvgIpc) is 3.26. The van der Waals surface area contributed by atoms with Crippen LogP contribution in [-0.2, 0) is 12.8 Å². The highest BCUT2D eigenvalue weighted by Gasteiger charge is 2.18. The van der Waals surface area contributed by atoms with Crippen LogP contribution in [0.4, 0.5) is 6.01 Å². The lowest BCUT2D eigenvalue weighted by Crippen LogP contribution is -2.13. The van der Waals surface area contributed by atoms with Gasteiger partial charge in [-0.05, 0) is 71.8 Å². The van der Waals surface area contributed by atoms with Crippen molar-refractivity contribution in [3.63, 3.8) is 0 Å². The summed E-state index contributed by atoms with van der Waals surface area (Å²) >= 11 is 0. The van der Waals surface area contributed by atoms with Crippen molar-refractivity contribution in [3.05, 3.63) is 71.3 Å². The number of amides is 1. The van der Waals surface area contributed by atoms with Crippen molar-refractivity contribution in [3.8, 4) is 17.2 Å². The minimum Gasteiger partial charge on any atom is -0.496 e. The third-order valence-electron chi connectivity index (χ3n) is 5.55. The maximum atomic E-state index is 12.9. The molecule has 0 saturated heterocycles. The van der Waals surface area contributed by atoms with Crippen LogP contribution in [0.5, 0.6) is 5.75 Å². The van der Waals surface area contributed by atoms with Crippen molar-refractivity contribution in [1.82, 2.24) is 10.2 Å². The second-order valence-corrected chi connectivity index (χ2v) is 7.46. The normalized spacial score (nSPS) is 13.1. The number of ether oxygens (including phenoxy) is 1. The van der Waals surface area contributed by atoms with Gasteiger partial charge in [-0.2, -0.15) is 0 Å². The molecule has 0 atom stereocenters. The second kappa shape index (κ2) is 7.63. The molecule has 150 valence electrons. The monoisotopic (exact) mass is 399 g/mol. The molecule has 1 aromatic heterocycles. The van der Waals surface area contributed by atoms with Gasteiger partial charge in [-0.1, -0.05) is 35.4 Å². The number of carbonyl (C=O) groups excluding carboxylic acids is 1. The zero-order valence-electron chi connectivity index (χ0n) is 16.6. The van der Waals surface area contributed by atoms with Crippen molar-refractivity contribution in [2.75, 3.05) is 12.4 Å². The van der Waals surface area contributed by atoms with E-state index in [0.29, 0.717) is 17.2 Å². The second-order valence-electron chi connectivity index (χ2n) is 7.46. The fourth-order valence-electron chi connectivity index (χ4n) is 3.99. The summed E-state index contributed by atoms with van der Waals surface area (Å²) in [6.07, 6.45) is 4.63. The highest BCUT2D eigenvalue weighted by atomic mass is 16.5. The number of aromatic nitrogens is 2. The zero-order chi connectivity index (χ0) is 20.5. The molecule has 1 heterocycles. The first kappa shape index (κ1) is 18.4. The lowest BCUT2D eigenvalue weighted by molar-refractivity contribution is 0.102. The van der Waals surface area contributed by atoms with Gasteiger partial charge in [-0.3, -0.25) is 10.1 Å². The van der Waals surface area contributed by atoms with Crippen molar-refractivity contribution < 1.29 is 13.9 Å². The number of carbonyl (C=O) groups is 1. The lowest BCUT2D eigenvalue weighted by Gasteiger charge is -2.15. The molecule has 0 unspecified atom stereocenters. The summed E-state index contributed by atoms with van der Waals surface area (Å²) in [4.78, 5) is 12.9. The van der Waals surface area contributed by atoms with Gasteiger partial charge in [-0.25, -0.2) is 0 Å². The van der Waals surface area contributed by atoms with E-state index < -0.39 is 0 Å². The third kappa shape index (κ3) is 3.41. The summed E-state index contributed by atoms with van der Waals surface area (Å²) in [5.74, 6) is 0.517. The quantitative estimate of drug-likeness (QED) is 0.521. The number of aryl methyl sites for hydroxylation is 2. The standard InChI is InChI=1S/C24H21N3O3/c1-29-21-14-18-9-5-4-8-17(18)13-20(21)22(28)25-24-27-26-23(30-24)19-11-10-15-6-2-3-7-16(15)12-19/h4-5,8-14H,2-3,6-7H2,1H3,(H,25,27,28). The highest BCUT2D eigenvalue weighted by molar-refractivity contribution is 6.07. The van der Waals surface area contributed by atoms with E-state index in [0.717, 1.165) is 29.2 Å². The molecule has 1 N–H and O–H groups in total. The SMILES string of the molecule is COc1cc2ccccc2cc1C(=O)Nc1nnc(-c2ccc3c(c2)CCCC3)o1. The number of nitrogens with zero attached hydrogens (tertiary/aromatic N) is 2. The van der Waals surface area contributed by atoms with Crippen molar-refractivity contribution in [2.24, 2.45) is 0 Å². The molecule has 0 fully saturated rings. The van der Waals surface area contributed by atoms with Gasteiger partial charge in [0.1, 0.15) is 5.75 Å². The first-order valence-electron chi connectivity index (χ1n) is 10.0. The largest absolute Gasteiger partial charge is 0.496 e. The Kier molecular flexibility index (Phi) is 4.67. The van der Waals surface area contributed by atoms with Crippen LogP contribution in [-0.4, -0.2) is 23.2 Å². The number of rotatable bonds is 4. The highest BCUT2D eigenvalue weighted by Crippen LogP contribution is 2.29. The molecular weight excluding hydrogens is 378 g/mol. The predicted octanol–water partition coefficient (Wildman–Crippen LogP) is 5.03. The van der Waals surface area contributed by atoms with Crippen LogP contribution in [0.2, 0.25) is 0 Å². The van der Waals surface area contributed by atoms with Gasteiger partial charge >= 0.3 is 6.01 Å². The van der Waals surface area contributed by atoms with Gasteiger partial charge in [0.25, 0.3) is 5.91 Å². The Hall–Kier alpha value is -3.67. The smallest absolute Gasteiger partial charge is 0.322 e. The number of benzene rings is 3. The Morgan fingerprint density at radius 3 is 2.53 bits per heavy atom. The van der Waals surface area contributed by atoms with E-state index in [9.17, 15) is 4.79 Å². The summed E-state index contributed by atoms with van der Waals surface area (Å²) in [6.45, 7) is 0. The first-order valence-corrected chi connectivity index (χ1v) is 10.0. The Labute approximate surface area is 173 Å². The molecule has 30 heavy (non-hydrogen) atoms. The van der Waals surface area contributed by atoms with E-state index in [1.165, 1.54) is 24.0 Å². The van der Waals surface area contributed by atoms with Gasteiger partial charge in [0, 0.05) is 5.56 Å². The molecule has 0 radical (unpaired) electrons. The fraction of sp³-hybridized carbons (Fsp3) is 0.208. The lowest BCUT2D eigenvalue weighted by atomic mass is 9.90. The molecule has 4 aromatic rings. The van der Waals surface area contributed by atoms with Crippen molar-refractivity contribution >= 4 is 22.7 Å². The topological polar surface area (TPSA) is 77.2 Å². The van der Waals surface area contributed by atoms with E-state index in [1.54, 1.807) is 13.2 Å². The van der Waals surface area contributed by atoms with Gasteiger partial charge in [-0.15, -0.1) is 5.10 Å². The van der Waals surface area contributed by atoms with Crippen LogP contribution in [0.25, 0.3) is 22.2 Å². The molecular formula is C24H21N3O3. The summed E-state index contributed by atoms with van der Waals surface area (Å²) < 4.78 is 11.1. The average molecular weight is 399 g/mol. The van der Waals surface area contributed by atoms with Gasteiger partial charge in [0.05, 0.1) is 12.7 Å². The molecule has 0 bridgehead atoms. The molecule has 5 rings (SSSR count). The first-order chi connectivity index (χ1) is 14.7. The fourth-order valence-corrected chi connectivity index (χ4v) is 3.99. The Morgan fingerprint density at radius 2 is 1.73 bits per heavy atom. The predicted molar refractivity (Wildman–Crippen MR) is 115 cm³/mol. The number of methoxy groups -OCH3 is 1. The number of fused-ring (bicyclic) bond motifs is 2. The van der Waals surface area contributed by atoms with Crippen LogP contribution >= 0.6 is 0 Å². The van der Waals surface area contributed by atoms with Crippen LogP contribution in [0.1, 0.15) is 34.3 Å². The Balaban J connectivity index is 1.40. The minimum absolute atomic E-state index is 0.0583. The molecule has 1 amide bonds. The van der Waals surface area contributed by atoms with Crippen molar-refractivity contribution in [2.45, 2.75) is 25.7 Å². The summed E-state index contributed by atoms with van der Waals surface area (Å²) in [7, 11) is 1.54. The molecule has 6 heteroatoms. The zero-order valence-corrected chi connectivity index (χ0v) is 16.6. The third-order valence-corrected chi connectivity index (χ3v) is 5.55. The molecule has 6 nitrogen and oxygen atoms in total. The van der Waals surface area contributed by atoms with Gasteiger partial charge < -0.3 is 9.15 Å². The molecule has 1 aliphatic rings. The van der Waals surface area contributed by atoms with Crippen LogP contribution in [0.3, 0.4) is 0 Å². The summed E-state index contributed by atoms with van der Waals surface area (Å²) in [5, 5.41) is 12.7. The summed E-state index contributed by atoms with van der Waals surface area (Å²) in [5.41, 5.74) is 4.00. The van der Waals surface area contributed by atoms with E-state index in [2.05, 4.69) is 27.6 Å². The van der Waals surface area contributed by atoms with Crippen LogP contribution < -0.4 is 10.1 Å². The molecule has 0 spiro atoms. The maximum absolute atomic E-state index is 12.9. The number of anilines is 1. The van der Waals surface area contributed by atoms with E-state index in [1.807, 2.05) is 36.4 Å². The van der Waals surface area contributed by atoms with Crippen LogP contribution in [0, 0.1) is 0 Å². The molecule has 3 aromatic carbocycles. The maximum Gasteiger partial charge on any atom is 0.322 e. The molecule has 1 aliphatic carbocycles. The van der Waals surface area contributed by atoms with Crippen molar-refractivity contribution in [1.29, 1.82) is 0 Å². The molecule has 0 aliphatic heterocycles. The minimum atomic E-state index is -0.363. The summed E-state index contributed by atoms with van der Waals surface area (Å²) in [6, 6.07) is 17.7. The molecule has 0 saturated carbocycles. The number of hydrogen-bond acceptors (Lipinski definition) is 5.